The highest BCUT2D eigenvalue weighted by molar-refractivity contribution is 5.97. The molecule has 0 atom stereocenters. The molecule has 0 N–H and O–H groups in total. The van der Waals surface area contributed by atoms with Crippen molar-refractivity contribution in [3.63, 3.8) is 0 Å². The Morgan fingerprint density at radius 1 is 1.30 bits per heavy atom. The molecule has 0 unspecified atom stereocenters. The van der Waals surface area contributed by atoms with Gasteiger partial charge >= 0.3 is 0 Å². The van der Waals surface area contributed by atoms with Crippen LogP contribution in [0.2, 0.25) is 0 Å². The molecule has 0 rings (SSSR count). The van der Waals surface area contributed by atoms with Crippen LogP contribution in [0.15, 0.2) is 0 Å². The standard InChI is InChI=1S/C6H18BNO2/c1-8(2,7)5-6(9-3)10-4/h6H,5H2,1-4,7H3. The number of quaternary nitrogens is 1. The van der Waals surface area contributed by atoms with Crippen LogP contribution in [-0.4, -0.2) is 53.5 Å². The van der Waals surface area contributed by atoms with E-state index >= 15 is 0 Å². The van der Waals surface area contributed by atoms with Crippen LogP contribution >= 0.6 is 0 Å². The minimum absolute atomic E-state index is 0.0208. The van der Waals surface area contributed by atoms with Gasteiger partial charge in [-0.1, -0.05) is 0 Å². The molecule has 4 heteroatoms. The minimum atomic E-state index is -0.0208. The summed E-state index contributed by atoms with van der Waals surface area (Å²) < 4.78 is 11.3. The molecule has 62 valence electrons. The fraction of sp³-hybridized carbons (Fsp3) is 1.00. The van der Waals surface area contributed by atoms with Gasteiger partial charge in [-0.05, 0) is 0 Å². The zero-order chi connectivity index (χ0) is 8.20. The third-order valence-electron chi connectivity index (χ3n) is 1.04. The van der Waals surface area contributed by atoms with Crippen LogP contribution in [0.5, 0.6) is 0 Å². The lowest BCUT2D eigenvalue weighted by atomic mass is 10.2. The first-order valence-electron chi connectivity index (χ1n) is 2.91. The molecule has 0 radical (unpaired) electrons. The maximum Gasteiger partial charge on any atom is 0.202 e. The molecule has 3 nitrogen and oxygen atoms in total. The molecule has 0 bridgehead atoms. The zero-order valence-corrected chi connectivity index (χ0v) is 6.55. The van der Waals surface area contributed by atoms with Crippen LogP contribution in [0, 0.1) is 0 Å². The lowest BCUT2D eigenvalue weighted by Crippen LogP contribution is -2.44. The van der Waals surface area contributed by atoms with Crippen LogP contribution in [0.4, 0.5) is 0 Å². The van der Waals surface area contributed by atoms with Crippen molar-refractivity contribution in [3.8, 4) is 0 Å². The van der Waals surface area contributed by atoms with E-state index in [9.17, 15) is 0 Å². The Morgan fingerprint density at radius 2 is 1.70 bits per heavy atom. The fourth-order valence-corrected chi connectivity index (χ4v) is 0.543. The first-order chi connectivity index (χ1) is 4.49. The summed E-state index contributed by atoms with van der Waals surface area (Å²) >= 11 is 0. The van der Waals surface area contributed by atoms with Crippen molar-refractivity contribution in [2.45, 2.75) is 6.29 Å². The van der Waals surface area contributed by atoms with Gasteiger partial charge < -0.3 is 13.9 Å². The van der Waals surface area contributed by atoms with E-state index in [4.69, 9.17) is 9.47 Å². The Morgan fingerprint density at radius 3 is 1.80 bits per heavy atom. The fourth-order valence-electron chi connectivity index (χ4n) is 0.543. The normalized spacial score (nSPS) is 12.6. The van der Waals surface area contributed by atoms with E-state index in [0.717, 1.165) is 10.9 Å². The molecule has 0 aliphatic rings. The average Bonchev–Trinajstić information content (AvgIpc) is 1.81. The largest absolute Gasteiger partial charge is 0.523 e. The highest BCUT2D eigenvalue weighted by Gasteiger charge is 2.11. The van der Waals surface area contributed by atoms with E-state index in [-0.39, 0.29) is 6.29 Å². The molecule has 0 saturated heterocycles. The maximum absolute atomic E-state index is 5.08. The van der Waals surface area contributed by atoms with Crippen molar-refractivity contribution in [3.05, 3.63) is 0 Å². The molecule has 0 aliphatic heterocycles. The van der Waals surface area contributed by atoms with Crippen molar-refractivity contribution in [2.24, 2.45) is 0 Å². The topological polar surface area (TPSA) is 18.5 Å². The third kappa shape index (κ3) is 4.79. The van der Waals surface area contributed by atoms with Crippen LogP contribution in [0.25, 0.3) is 0 Å². The molecule has 0 spiro atoms. The molecule has 0 saturated carbocycles. The number of rotatable bonds is 4. The van der Waals surface area contributed by atoms with Gasteiger partial charge in [0, 0.05) is 28.3 Å². The number of hydrogen-bond donors (Lipinski definition) is 0. The molecule has 0 fully saturated rings. The van der Waals surface area contributed by atoms with Crippen LogP contribution in [0.1, 0.15) is 0 Å². The SMILES string of the molecule is [BH3-][N+](C)(C)CC(OC)OC. The summed E-state index contributed by atoms with van der Waals surface area (Å²) in [6.45, 7) is 0.979. The molecular formula is C6H18BNO2. The van der Waals surface area contributed by atoms with Crippen molar-refractivity contribution in [1.29, 1.82) is 0 Å². The predicted octanol–water partition coefficient (Wildman–Crippen LogP) is -1.04. The van der Waals surface area contributed by atoms with E-state index < -0.39 is 0 Å². The van der Waals surface area contributed by atoms with E-state index in [1.165, 1.54) is 0 Å². The molecule has 0 aromatic carbocycles. The lowest BCUT2D eigenvalue weighted by Gasteiger charge is -2.35. The predicted molar refractivity (Wildman–Crippen MR) is 44.7 cm³/mol. The Labute approximate surface area is 63.9 Å². The van der Waals surface area contributed by atoms with Gasteiger partial charge in [0.15, 0.2) is 7.98 Å². The molecular weight excluding hydrogens is 129 g/mol. The maximum atomic E-state index is 5.08. The number of methoxy groups -OCH3 is 2. The Kier molecular flexibility index (Phi) is 3.94. The van der Waals surface area contributed by atoms with Crippen molar-refractivity contribution in [1.82, 2.24) is 0 Å². The Hall–Kier alpha value is -0.0551. The Balaban J connectivity index is 3.63. The van der Waals surface area contributed by atoms with Gasteiger partial charge in [-0.15, -0.1) is 0 Å². The zero-order valence-electron chi connectivity index (χ0n) is 6.55. The first kappa shape index (κ1) is 9.94. The van der Waals surface area contributed by atoms with Gasteiger partial charge in [0.05, 0.1) is 6.54 Å². The quantitative estimate of drug-likeness (QED) is 0.373. The summed E-state index contributed by atoms with van der Waals surface area (Å²) in [5, 5.41) is 0. The molecule has 10 heavy (non-hydrogen) atoms. The molecule has 0 aromatic heterocycles. The van der Waals surface area contributed by atoms with E-state index in [1.807, 2.05) is 0 Å². The second-order valence-electron chi connectivity index (χ2n) is 2.16. The molecule has 0 aliphatic carbocycles. The van der Waals surface area contributed by atoms with E-state index in [2.05, 4.69) is 14.1 Å². The summed E-state index contributed by atoms with van der Waals surface area (Å²) in [6.07, 6.45) is -0.0208. The number of likely N-dealkylation sites (N-methyl/N-ethyl adjacent to an activating group) is 1. The third-order valence-corrected chi connectivity index (χ3v) is 1.04. The summed E-state index contributed by atoms with van der Waals surface area (Å²) in [4.78, 5) is 0. The summed E-state index contributed by atoms with van der Waals surface area (Å²) in [5.74, 6) is 0. The van der Waals surface area contributed by atoms with Crippen molar-refractivity contribution in [2.75, 3.05) is 34.9 Å². The highest BCUT2D eigenvalue weighted by Crippen LogP contribution is 1.97. The second-order valence-corrected chi connectivity index (χ2v) is 2.16. The van der Waals surface area contributed by atoms with Crippen LogP contribution in [0.3, 0.4) is 0 Å². The van der Waals surface area contributed by atoms with E-state index in [0.29, 0.717) is 7.98 Å². The Bertz CT molecular complexity index is 88.2. The van der Waals surface area contributed by atoms with Gasteiger partial charge in [-0.25, -0.2) is 0 Å². The summed E-state index contributed by atoms with van der Waals surface area (Å²) in [7, 11) is 8.12. The van der Waals surface area contributed by atoms with Crippen molar-refractivity contribution < 1.29 is 13.9 Å². The molecule has 0 heterocycles. The van der Waals surface area contributed by atoms with Gasteiger partial charge in [0.2, 0.25) is 6.29 Å². The number of nitrogens with zero attached hydrogens (tertiary/aromatic N) is 1. The highest BCUT2D eigenvalue weighted by atomic mass is 16.7. The van der Waals surface area contributed by atoms with Crippen LogP contribution < -0.4 is 0 Å². The van der Waals surface area contributed by atoms with Crippen LogP contribution in [-0.2, 0) is 9.47 Å². The van der Waals surface area contributed by atoms with Gasteiger partial charge in [0.25, 0.3) is 0 Å². The van der Waals surface area contributed by atoms with Gasteiger partial charge in [0.1, 0.15) is 0 Å². The van der Waals surface area contributed by atoms with Gasteiger partial charge in [-0.3, -0.25) is 0 Å². The monoisotopic (exact) mass is 147 g/mol. The second kappa shape index (κ2) is 3.96. The molecule has 0 amide bonds. The smallest absolute Gasteiger partial charge is 0.202 e. The van der Waals surface area contributed by atoms with Crippen molar-refractivity contribution >= 4 is 7.98 Å². The summed E-state index contributed by atoms with van der Waals surface area (Å²) in [5.41, 5.74) is 0. The number of ether oxygens (including phenoxy) is 2. The number of hydrogen-bond acceptors (Lipinski definition) is 2. The molecule has 0 aromatic rings. The van der Waals surface area contributed by atoms with E-state index in [1.54, 1.807) is 14.2 Å². The average molecular weight is 147 g/mol. The first-order valence-corrected chi connectivity index (χ1v) is 2.91. The summed E-state index contributed by atoms with van der Waals surface area (Å²) in [6, 6.07) is 0. The van der Waals surface area contributed by atoms with Gasteiger partial charge in [-0.2, -0.15) is 0 Å². The lowest BCUT2D eigenvalue weighted by molar-refractivity contribution is -0.781. The minimum Gasteiger partial charge on any atom is -0.523 e.